The van der Waals surface area contributed by atoms with Gasteiger partial charge in [-0.05, 0) is 25.0 Å². The van der Waals surface area contributed by atoms with Gasteiger partial charge in [0, 0.05) is 18.4 Å². The summed E-state index contributed by atoms with van der Waals surface area (Å²) < 4.78 is 11.0. The number of aliphatic imine (C=N–C) groups is 1. The van der Waals surface area contributed by atoms with E-state index in [1.807, 2.05) is 24.3 Å². The molecular weight excluding hydrogens is 290 g/mol. The molecule has 2 rings (SSSR count). The molecule has 1 aromatic carbocycles. The number of methoxy groups -OCH3 is 2. The van der Waals surface area contributed by atoms with Crippen LogP contribution >= 0.6 is 0 Å². The van der Waals surface area contributed by atoms with Crippen molar-refractivity contribution in [2.24, 2.45) is 22.1 Å². The molecule has 23 heavy (non-hydrogen) atoms. The number of benzene rings is 1. The Morgan fingerprint density at radius 2 is 1.91 bits per heavy atom. The predicted octanol–water partition coefficient (Wildman–Crippen LogP) is 3.26. The third kappa shape index (κ3) is 3.02. The average molecular weight is 319 g/mol. The minimum atomic E-state index is 0.0707. The molecule has 3 unspecified atom stereocenters. The van der Waals surface area contributed by atoms with Gasteiger partial charge in [-0.3, -0.25) is 0 Å². The summed E-state index contributed by atoms with van der Waals surface area (Å²) in [5, 5.41) is 3.16. The molecule has 3 N–H and O–H groups in total. The van der Waals surface area contributed by atoms with Crippen molar-refractivity contribution in [3.8, 4) is 5.75 Å². The van der Waals surface area contributed by atoms with Crippen LogP contribution in [0.1, 0.15) is 33.6 Å². The van der Waals surface area contributed by atoms with Gasteiger partial charge in [0.2, 0.25) is 0 Å². The molecule has 1 aromatic rings. The Kier molecular flexibility index (Phi) is 5.52. The van der Waals surface area contributed by atoms with Crippen LogP contribution in [0.2, 0.25) is 0 Å². The van der Waals surface area contributed by atoms with Crippen LogP contribution in [0.5, 0.6) is 5.75 Å². The first-order valence-corrected chi connectivity index (χ1v) is 8.30. The Labute approximate surface area is 139 Å². The van der Waals surface area contributed by atoms with Gasteiger partial charge >= 0.3 is 0 Å². The molecule has 0 aromatic heterocycles. The van der Waals surface area contributed by atoms with Crippen LogP contribution < -0.4 is 15.8 Å². The number of hydrogen-bond donors (Lipinski definition) is 2. The lowest BCUT2D eigenvalue weighted by Crippen LogP contribution is -2.63. The first-order chi connectivity index (χ1) is 11.0. The van der Waals surface area contributed by atoms with Crippen LogP contribution in [0, 0.1) is 11.3 Å². The van der Waals surface area contributed by atoms with E-state index in [0.29, 0.717) is 11.9 Å². The Bertz CT molecular complexity index is 555. The number of nitrogens with one attached hydrogen (secondary N) is 1. The lowest BCUT2D eigenvalue weighted by molar-refractivity contribution is -0.156. The minimum Gasteiger partial charge on any atom is -0.495 e. The van der Waals surface area contributed by atoms with Crippen molar-refractivity contribution in [3.05, 3.63) is 24.3 Å². The number of nitrogens with two attached hydrogens (primary N) is 1. The highest BCUT2D eigenvalue weighted by Crippen LogP contribution is 2.54. The summed E-state index contributed by atoms with van der Waals surface area (Å²) in [6.45, 7) is 6.59. The Morgan fingerprint density at radius 1 is 1.26 bits per heavy atom. The Hall–Kier alpha value is -1.75. The summed E-state index contributed by atoms with van der Waals surface area (Å²) in [6.07, 6.45) is 2.30. The second-order valence-corrected chi connectivity index (χ2v) is 6.24. The van der Waals surface area contributed by atoms with Crippen molar-refractivity contribution in [1.29, 1.82) is 0 Å². The van der Waals surface area contributed by atoms with Crippen molar-refractivity contribution in [2.75, 3.05) is 19.5 Å². The first kappa shape index (κ1) is 17.6. The molecule has 0 spiro atoms. The van der Waals surface area contributed by atoms with Gasteiger partial charge < -0.3 is 20.5 Å². The molecule has 0 saturated heterocycles. The first-order valence-electron chi connectivity index (χ1n) is 8.30. The monoisotopic (exact) mass is 319 g/mol. The van der Waals surface area contributed by atoms with Crippen LogP contribution in [0.3, 0.4) is 0 Å². The molecule has 0 heterocycles. The standard InChI is InChI=1S/C18H29N3O2/c1-6-18(7-2)15(12(3)16(18)23-5)21-17(19)20-13-10-8-9-11-14(13)22-4/h8-12,15-16H,6-7H2,1-5H3,(H3,19,20,21). The summed E-state index contributed by atoms with van der Waals surface area (Å²) in [4.78, 5) is 4.78. The number of rotatable bonds is 6. The molecule has 1 aliphatic rings. The Balaban J connectivity index is 2.20. The number of hydrogen-bond acceptors (Lipinski definition) is 3. The van der Waals surface area contributed by atoms with Crippen molar-refractivity contribution < 1.29 is 9.47 Å². The van der Waals surface area contributed by atoms with E-state index in [1.54, 1.807) is 14.2 Å². The molecular formula is C18H29N3O2. The number of nitrogens with zero attached hydrogens (tertiary/aromatic N) is 1. The van der Waals surface area contributed by atoms with E-state index in [2.05, 4.69) is 26.1 Å². The van der Waals surface area contributed by atoms with Crippen molar-refractivity contribution in [3.63, 3.8) is 0 Å². The van der Waals surface area contributed by atoms with Gasteiger partial charge in [0.1, 0.15) is 5.75 Å². The van der Waals surface area contributed by atoms with Gasteiger partial charge in [-0.1, -0.05) is 32.9 Å². The molecule has 3 atom stereocenters. The number of guanidine groups is 1. The fourth-order valence-corrected chi connectivity index (χ4v) is 4.10. The van der Waals surface area contributed by atoms with Crippen molar-refractivity contribution in [1.82, 2.24) is 0 Å². The highest BCUT2D eigenvalue weighted by atomic mass is 16.5. The highest BCUT2D eigenvalue weighted by Gasteiger charge is 2.58. The highest BCUT2D eigenvalue weighted by molar-refractivity contribution is 5.93. The molecule has 128 valence electrons. The summed E-state index contributed by atoms with van der Waals surface area (Å²) in [6, 6.07) is 7.85. The summed E-state index contributed by atoms with van der Waals surface area (Å²) >= 11 is 0. The van der Waals surface area contributed by atoms with Gasteiger partial charge in [0.25, 0.3) is 0 Å². The zero-order valence-electron chi connectivity index (χ0n) is 14.8. The predicted molar refractivity (Wildman–Crippen MR) is 95.0 cm³/mol. The zero-order valence-corrected chi connectivity index (χ0v) is 14.8. The van der Waals surface area contributed by atoms with E-state index >= 15 is 0 Å². The van der Waals surface area contributed by atoms with Crippen molar-refractivity contribution >= 4 is 11.6 Å². The molecule has 0 bridgehead atoms. The zero-order chi connectivity index (χ0) is 17.0. The van der Waals surface area contributed by atoms with Gasteiger partial charge in [0.05, 0.1) is 24.9 Å². The molecule has 5 heteroatoms. The summed E-state index contributed by atoms with van der Waals surface area (Å²) in [5.74, 6) is 1.53. The lowest BCUT2D eigenvalue weighted by atomic mass is 9.53. The normalized spacial score (nSPS) is 26.5. The second kappa shape index (κ2) is 7.21. The van der Waals surface area contributed by atoms with E-state index < -0.39 is 0 Å². The van der Waals surface area contributed by atoms with E-state index in [0.717, 1.165) is 24.3 Å². The van der Waals surface area contributed by atoms with E-state index in [9.17, 15) is 0 Å². The maximum Gasteiger partial charge on any atom is 0.193 e. The maximum atomic E-state index is 6.16. The molecule has 0 aliphatic heterocycles. The quantitative estimate of drug-likeness (QED) is 0.624. The largest absolute Gasteiger partial charge is 0.495 e. The SMILES string of the molecule is CCC1(CC)C(N=C(N)Nc2ccccc2OC)C(C)C1OC. The van der Waals surface area contributed by atoms with E-state index in [4.69, 9.17) is 20.2 Å². The number of ether oxygens (including phenoxy) is 2. The second-order valence-electron chi connectivity index (χ2n) is 6.24. The summed E-state index contributed by atoms with van der Waals surface area (Å²) in [5.41, 5.74) is 7.06. The number of para-hydroxylation sites is 2. The molecule has 1 fully saturated rings. The minimum absolute atomic E-state index is 0.0707. The van der Waals surface area contributed by atoms with Crippen LogP contribution in [0.15, 0.2) is 29.3 Å². The molecule has 0 amide bonds. The van der Waals surface area contributed by atoms with Crippen LogP contribution in [0.25, 0.3) is 0 Å². The topological polar surface area (TPSA) is 68.9 Å². The molecule has 5 nitrogen and oxygen atoms in total. The molecule has 1 aliphatic carbocycles. The fraction of sp³-hybridized carbons (Fsp3) is 0.611. The van der Waals surface area contributed by atoms with Crippen LogP contribution in [-0.4, -0.2) is 32.3 Å². The van der Waals surface area contributed by atoms with Crippen molar-refractivity contribution in [2.45, 2.75) is 45.8 Å². The lowest BCUT2D eigenvalue weighted by Gasteiger charge is -2.57. The average Bonchev–Trinajstić information content (AvgIpc) is 2.57. The molecule has 1 saturated carbocycles. The Morgan fingerprint density at radius 3 is 2.48 bits per heavy atom. The fourth-order valence-electron chi connectivity index (χ4n) is 4.10. The van der Waals surface area contributed by atoms with E-state index in [1.165, 1.54) is 0 Å². The third-order valence-electron chi connectivity index (χ3n) is 5.35. The summed E-state index contributed by atoms with van der Waals surface area (Å²) in [7, 11) is 3.43. The third-order valence-corrected chi connectivity index (χ3v) is 5.35. The number of anilines is 1. The molecule has 0 radical (unpaired) electrons. The van der Waals surface area contributed by atoms with Gasteiger partial charge in [0.15, 0.2) is 5.96 Å². The maximum absolute atomic E-state index is 6.16. The van der Waals surface area contributed by atoms with Crippen LogP contribution in [0.4, 0.5) is 5.69 Å². The smallest absolute Gasteiger partial charge is 0.193 e. The van der Waals surface area contributed by atoms with Gasteiger partial charge in [-0.2, -0.15) is 0 Å². The van der Waals surface area contributed by atoms with E-state index in [-0.39, 0.29) is 17.6 Å². The van der Waals surface area contributed by atoms with Gasteiger partial charge in [-0.15, -0.1) is 0 Å². The van der Waals surface area contributed by atoms with Crippen LogP contribution in [-0.2, 0) is 4.74 Å². The van der Waals surface area contributed by atoms with Gasteiger partial charge in [-0.25, -0.2) is 4.99 Å².